The summed E-state index contributed by atoms with van der Waals surface area (Å²) in [6.07, 6.45) is 6.23. The molecule has 222 valence electrons. The van der Waals surface area contributed by atoms with Crippen LogP contribution in [0, 0.1) is 19.7 Å². The molecule has 0 atom stereocenters. The van der Waals surface area contributed by atoms with Gasteiger partial charge < -0.3 is 14.6 Å². The van der Waals surface area contributed by atoms with E-state index in [1.807, 2.05) is 19.9 Å². The number of aromatic nitrogens is 3. The van der Waals surface area contributed by atoms with Crippen LogP contribution in [-0.4, -0.2) is 45.0 Å². The summed E-state index contributed by atoms with van der Waals surface area (Å²) in [5.74, 6) is -0.449. The number of aryl methyl sites for hydroxylation is 3. The van der Waals surface area contributed by atoms with Crippen molar-refractivity contribution in [2.24, 2.45) is 0 Å². The summed E-state index contributed by atoms with van der Waals surface area (Å²) in [5, 5.41) is 13.5. The first-order valence-electron chi connectivity index (χ1n) is 14.7. The van der Waals surface area contributed by atoms with Gasteiger partial charge in [0, 0.05) is 34.0 Å². The zero-order valence-electron chi connectivity index (χ0n) is 25.4. The van der Waals surface area contributed by atoms with Crippen molar-refractivity contribution in [3.8, 4) is 28.3 Å². The fourth-order valence-electron chi connectivity index (χ4n) is 5.80. The molecule has 4 aromatic rings. The molecule has 1 aliphatic heterocycles. The van der Waals surface area contributed by atoms with E-state index in [9.17, 15) is 4.79 Å². The van der Waals surface area contributed by atoms with Crippen LogP contribution in [0.2, 0.25) is 0 Å². The highest BCUT2D eigenvalue weighted by Crippen LogP contribution is 2.39. The highest BCUT2D eigenvalue weighted by Gasteiger charge is 2.26. The molecule has 7 nitrogen and oxygen atoms in total. The van der Waals surface area contributed by atoms with Gasteiger partial charge in [-0.05, 0) is 102 Å². The van der Waals surface area contributed by atoms with Gasteiger partial charge in [0.2, 0.25) is 0 Å². The van der Waals surface area contributed by atoms with E-state index < -0.39 is 11.4 Å². The second-order valence-electron chi connectivity index (χ2n) is 12.2. The third-order valence-electron chi connectivity index (χ3n) is 7.79. The summed E-state index contributed by atoms with van der Waals surface area (Å²) in [6, 6.07) is 10.0. The molecule has 2 aliphatic rings. The SMILES string of the molecule is CC(C)(C)O.COC(=O)Cc1c(C)nc2cc(-c3ccc4c(c3)CCCC4)nn2c1-c1cc(F)c2c(c1C)CCCO2. The minimum atomic E-state index is -0.500. The number of fused-ring (bicyclic) bond motifs is 3. The average molecular weight is 574 g/mol. The van der Waals surface area contributed by atoms with Gasteiger partial charge >= 0.3 is 5.97 Å². The summed E-state index contributed by atoms with van der Waals surface area (Å²) >= 11 is 0. The van der Waals surface area contributed by atoms with E-state index in [1.165, 1.54) is 37.1 Å². The van der Waals surface area contributed by atoms with Crippen molar-refractivity contribution < 1.29 is 23.8 Å². The van der Waals surface area contributed by atoms with E-state index >= 15 is 4.39 Å². The monoisotopic (exact) mass is 573 g/mol. The number of esters is 1. The van der Waals surface area contributed by atoms with Crippen molar-refractivity contribution in [3.05, 3.63) is 69.7 Å². The lowest BCUT2D eigenvalue weighted by molar-refractivity contribution is -0.139. The number of rotatable bonds is 4. The van der Waals surface area contributed by atoms with Gasteiger partial charge in [-0.2, -0.15) is 5.10 Å². The molecule has 0 amide bonds. The maximum Gasteiger partial charge on any atom is 0.310 e. The first kappa shape index (κ1) is 29.7. The summed E-state index contributed by atoms with van der Waals surface area (Å²) in [7, 11) is 1.37. The zero-order valence-corrected chi connectivity index (χ0v) is 25.4. The van der Waals surface area contributed by atoms with Gasteiger partial charge in [0.25, 0.3) is 0 Å². The summed E-state index contributed by atoms with van der Waals surface area (Å²) in [5.41, 5.74) is 9.32. The molecular weight excluding hydrogens is 533 g/mol. The van der Waals surface area contributed by atoms with Gasteiger partial charge in [-0.25, -0.2) is 13.9 Å². The Hall–Kier alpha value is -3.78. The lowest BCUT2D eigenvalue weighted by atomic mass is 9.90. The Morgan fingerprint density at radius 1 is 1.07 bits per heavy atom. The molecule has 0 saturated carbocycles. The molecular formula is C34H40FN3O4. The molecule has 0 spiro atoms. The minimum absolute atomic E-state index is 0.0172. The van der Waals surface area contributed by atoms with E-state index in [4.69, 9.17) is 24.7 Å². The Morgan fingerprint density at radius 3 is 2.50 bits per heavy atom. The molecule has 42 heavy (non-hydrogen) atoms. The number of methoxy groups -OCH3 is 1. The van der Waals surface area contributed by atoms with Gasteiger partial charge in [0.1, 0.15) is 0 Å². The number of aliphatic hydroxyl groups is 1. The van der Waals surface area contributed by atoms with Crippen molar-refractivity contribution in [3.63, 3.8) is 0 Å². The molecule has 0 bridgehead atoms. The van der Waals surface area contributed by atoms with E-state index in [-0.39, 0.29) is 12.4 Å². The molecule has 0 fully saturated rings. The standard InChI is InChI=1S/C30H30FN3O3.C4H10O/c1-17-22-9-6-12-37-30(22)25(31)14-23(17)29-24(15-28(35)36-3)18(2)32-27-16-26(33-34(27)29)21-11-10-19-7-4-5-8-20(19)13-21;1-4(2,3)5/h10-11,13-14,16H,4-9,12,15H2,1-3H3;5H,1-3H3. The Kier molecular flexibility index (Phi) is 8.37. The van der Waals surface area contributed by atoms with Crippen LogP contribution < -0.4 is 4.74 Å². The number of benzene rings is 2. The molecule has 1 N–H and O–H groups in total. The van der Waals surface area contributed by atoms with Gasteiger partial charge in [-0.1, -0.05) is 12.1 Å². The van der Waals surface area contributed by atoms with Gasteiger partial charge in [-0.15, -0.1) is 0 Å². The Bertz CT molecular complexity index is 1650. The predicted octanol–water partition coefficient (Wildman–Crippen LogP) is 6.52. The molecule has 0 radical (unpaired) electrons. The van der Waals surface area contributed by atoms with Gasteiger partial charge in [0.05, 0.1) is 37.1 Å². The van der Waals surface area contributed by atoms with Gasteiger partial charge in [0.15, 0.2) is 17.2 Å². The lowest BCUT2D eigenvalue weighted by Gasteiger charge is -2.23. The largest absolute Gasteiger partial charge is 0.490 e. The molecule has 3 heterocycles. The summed E-state index contributed by atoms with van der Waals surface area (Å²) < 4.78 is 27.8. The first-order chi connectivity index (χ1) is 19.9. The predicted molar refractivity (Wildman–Crippen MR) is 161 cm³/mol. The second-order valence-corrected chi connectivity index (χ2v) is 12.2. The third kappa shape index (κ3) is 6.19. The maximum absolute atomic E-state index is 15.3. The van der Waals surface area contributed by atoms with Crippen LogP contribution >= 0.6 is 0 Å². The number of carbonyl (C=O) groups excluding carboxylic acids is 1. The Balaban J connectivity index is 0.000000652. The fourth-order valence-corrected chi connectivity index (χ4v) is 5.80. The zero-order chi connectivity index (χ0) is 30.2. The number of carbonyl (C=O) groups is 1. The number of ether oxygens (including phenoxy) is 2. The highest BCUT2D eigenvalue weighted by atomic mass is 19.1. The number of hydrogen-bond acceptors (Lipinski definition) is 6. The van der Waals surface area contributed by atoms with E-state index in [2.05, 4.69) is 18.2 Å². The quantitative estimate of drug-likeness (QED) is 0.280. The Labute approximate surface area is 246 Å². The lowest BCUT2D eigenvalue weighted by Crippen LogP contribution is -2.15. The van der Waals surface area contributed by atoms with Crippen LogP contribution in [0.3, 0.4) is 0 Å². The second kappa shape index (κ2) is 11.8. The number of nitrogens with zero attached hydrogens (tertiary/aromatic N) is 3. The van der Waals surface area contributed by atoms with Crippen LogP contribution in [0.25, 0.3) is 28.2 Å². The average Bonchev–Trinajstić information content (AvgIpc) is 3.38. The van der Waals surface area contributed by atoms with Crippen LogP contribution in [0.4, 0.5) is 4.39 Å². The number of hydrogen-bond donors (Lipinski definition) is 1. The van der Waals surface area contributed by atoms with Crippen LogP contribution in [-0.2, 0) is 35.2 Å². The van der Waals surface area contributed by atoms with Crippen molar-refractivity contribution >= 4 is 11.6 Å². The molecule has 2 aromatic carbocycles. The van der Waals surface area contributed by atoms with E-state index in [0.29, 0.717) is 40.5 Å². The highest BCUT2D eigenvalue weighted by molar-refractivity contribution is 5.81. The van der Waals surface area contributed by atoms with Crippen LogP contribution in [0.5, 0.6) is 5.75 Å². The van der Waals surface area contributed by atoms with Crippen molar-refractivity contribution in [2.45, 2.75) is 85.2 Å². The third-order valence-corrected chi connectivity index (χ3v) is 7.79. The molecule has 1 aliphatic carbocycles. The molecule has 8 heteroatoms. The topological polar surface area (TPSA) is 86.0 Å². The summed E-state index contributed by atoms with van der Waals surface area (Å²) in [6.45, 7) is 9.60. The van der Waals surface area contributed by atoms with Crippen molar-refractivity contribution in [1.82, 2.24) is 14.6 Å². The van der Waals surface area contributed by atoms with E-state index in [0.717, 1.165) is 48.1 Å². The van der Waals surface area contributed by atoms with Gasteiger partial charge in [-0.3, -0.25) is 4.79 Å². The van der Waals surface area contributed by atoms with Crippen molar-refractivity contribution in [1.29, 1.82) is 0 Å². The maximum atomic E-state index is 15.3. The normalized spacial score (nSPS) is 14.4. The van der Waals surface area contributed by atoms with Crippen LogP contribution in [0.1, 0.15) is 73.5 Å². The van der Waals surface area contributed by atoms with Crippen LogP contribution in [0.15, 0.2) is 30.3 Å². The molecule has 0 saturated heterocycles. The molecule has 0 unspecified atom stereocenters. The van der Waals surface area contributed by atoms with Crippen molar-refractivity contribution in [2.75, 3.05) is 13.7 Å². The van der Waals surface area contributed by atoms with E-state index in [1.54, 1.807) is 25.3 Å². The smallest absolute Gasteiger partial charge is 0.310 e. The number of halogens is 1. The minimum Gasteiger partial charge on any atom is -0.490 e. The molecule has 6 rings (SSSR count). The summed E-state index contributed by atoms with van der Waals surface area (Å²) in [4.78, 5) is 17.2. The first-order valence-corrected chi connectivity index (χ1v) is 14.7. The molecule has 2 aromatic heterocycles. The Morgan fingerprint density at radius 2 is 1.79 bits per heavy atom. The fraction of sp³-hybridized carbons (Fsp3) is 0.441.